The molecule has 0 unspecified atom stereocenters. The molecular formula is C29H31F3N6O3S2. The predicted octanol–water partition coefficient (Wildman–Crippen LogP) is 5.39. The van der Waals surface area contributed by atoms with E-state index in [-0.39, 0.29) is 76.8 Å². The van der Waals surface area contributed by atoms with Gasteiger partial charge in [-0.25, -0.2) is 28.1 Å². The maximum atomic E-state index is 15.5. The van der Waals surface area contributed by atoms with Crippen molar-refractivity contribution in [1.82, 2.24) is 29.4 Å². The highest BCUT2D eigenvalue weighted by Crippen LogP contribution is 2.37. The molecule has 0 spiro atoms. The Morgan fingerprint density at radius 3 is 2.44 bits per heavy atom. The molecule has 0 aliphatic carbocycles. The Kier molecular flexibility index (Phi) is 10.6. The number of nitrogens with zero attached hydrogens (tertiary/aromatic N) is 6. The molecule has 2 aromatic carbocycles. The van der Waals surface area contributed by atoms with Crippen LogP contribution in [-0.4, -0.2) is 66.3 Å². The number of ether oxygens (including phenoxy) is 1. The third-order valence-corrected chi connectivity index (χ3v) is 7.09. The Labute approximate surface area is 259 Å². The van der Waals surface area contributed by atoms with Crippen LogP contribution >= 0.6 is 27.0 Å². The smallest absolute Gasteiger partial charge is 0.321 e. The maximum Gasteiger partial charge on any atom is 0.321 e. The molecule has 14 heteroatoms. The Bertz CT molecular complexity index is 1760. The first-order valence-corrected chi connectivity index (χ1v) is 12.6. The largest absolute Gasteiger partial charge is 0.424 e. The van der Waals surface area contributed by atoms with E-state index >= 15 is 13.2 Å². The van der Waals surface area contributed by atoms with Crippen molar-refractivity contribution in [1.29, 1.82) is 0 Å². The van der Waals surface area contributed by atoms with Crippen LogP contribution in [-0.2, 0) is 4.79 Å². The molecular weight excluding hydrogens is 601 g/mol. The van der Waals surface area contributed by atoms with Gasteiger partial charge in [0.05, 0.1) is 29.8 Å². The summed E-state index contributed by atoms with van der Waals surface area (Å²) in [4.78, 5) is 30.0. The Hall–Kier alpha value is -3.88. The van der Waals surface area contributed by atoms with Crippen LogP contribution in [0.1, 0.15) is 25.7 Å². The first-order chi connectivity index (χ1) is 19.3. The van der Waals surface area contributed by atoms with E-state index in [0.29, 0.717) is 27.8 Å². The van der Waals surface area contributed by atoms with Gasteiger partial charge in [-0.15, -0.1) is 0 Å². The Morgan fingerprint density at radius 1 is 1.05 bits per heavy atom. The zero-order valence-corrected chi connectivity index (χ0v) is 24.3. The van der Waals surface area contributed by atoms with Crippen LogP contribution in [0.15, 0.2) is 55.0 Å². The molecule has 0 saturated carbocycles. The average molecular weight is 633 g/mol. The Balaban J connectivity index is 0.00000169. The zero-order chi connectivity index (χ0) is 28.0. The fourth-order valence-electron chi connectivity index (χ4n) is 5.26. The molecule has 2 atom stereocenters. The number of fused-ring (bicyclic) bond motifs is 3. The van der Waals surface area contributed by atoms with Gasteiger partial charge in [0.1, 0.15) is 41.5 Å². The lowest BCUT2D eigenvalue weighted by Crippen LogP contribution is -2.46. The number of aromatic nitrogens is 5. The second-order valence-electron chi connectivity index (χ2n) is 9.52. The molecule has 1 N–H and O–H groups in total. The summed E-state index contributed by atoms with van der Waals surface area (Å²) < 4.78 is 53.3. The third kappa shape index (κ3) is 6.26. The van der Waals surface area contributed by atoms with Gasteiger partial charge >= 0.3 is 6.01 Å². The number of alkyl halides is 1. The standard InChI is InChI=1S/C28H23F3N6O3.CH4.2H2S/c1-15-35-24-12-34-23-11-21(30)18(17-4-3-16(9-20(17)29)40-28-32-6-2-7-33-28)10-19(23)27(24)37(15)25-5-8-36(13-22(25)31)26(39)14-38;;;/h2-4,6-7,9-12,22,25,38H,5,8,13-14H2,1H3;1H4;2*1H2/t22-,25-;;;/m0.../s1. The minimum Gasteiger partial charge on any atom is -0.424 e. The van der Waals surface area contributed by atoms with Gasteiger partial charge < -0.3 is 19.3 Å². The van der Waals surface area contributed by atoms with Crippen molar-refractivity contribution in [3.8, 4) is 22.9 Å². The summed E-state index contributed by atoms with van der Waals surface area (Å²) in [5, 5.41) is 9.64. The van der Waals surface area contributed by atoms with E-state index in [2.05, 4.69) is 19.9 Å². The Morgan fingerprint density at radius 2 is 1.77 bits per heavy atom. The quantitative estimate of drug-likeness (QED) is 0.277. The molecule has 1 amide bonds. The molecule has 1 saturated heterocycles. The zero-order valence-electron chi connectivity index (χ0n) is 22.3. The molecule has 43 heavy (non-hydrogen) atoms. The van der Waals surface area contributed by atoms with Crippen LogP contribution < -0.4 is 4.74 Å². The van der Waals surface area contributed by atoms with Gasteiger partial charge in [0.15, 0.2) is 0 Å². The molecule has 6 rings (SSSR count). The number of carbonyl (C=O) groups is 1. The van der Waals surface area contributed by atoms with Crippen LogP contribution in [0.2, 0.25) is 0 Å². The number of pyridine rings is 1. The summed E-state index contributed by atoms with van der Waals surface area (Å²) in [7, 11) is 0. The van der Waals surface area contributed by atoms with Gasteiger partial charge in [0, 0.05) is 47.6 Å². The highest BCUT2D eigenvalue weighted by molar-refractivity contribution is 7.59. The van der Waals surface area contributed by atoms with Crippen LogP contribution in [0.25, 0.3) is 33.1 Å². The van der Waals surface area contributed by atoms with Crippen LogP contribution in [0.3, 0.4) is 0 Å². The SMILES string of the molecule is C.Cc1nc2cnc3cc(F)c(-c4ccc(Oc5ncccn5)cc4F)cc3c2n1[C@H]1CCN(C(=O)CO)C[C@@H]1F.S.S. The number of hydrogen-bond donors (Lipinski definition) is 1. The highest BCUT2D eigenvalue weighted by atomic mass is 32.1. The summed E-state index contributed by atoms with van der Waals surface area (Å²) in [5.41, 5.74) is 1.32. The number of carbonyl (C=O) groups excluding carboxylic acids is 1. The van der Waals surface area contributed by atoms with E-state index in [9.17, 15) is 4.79 Å². The van der Waals surface area contributed by atoms with Crippen molar-refractivity contribution in [3.05, 3.63) is 72.4 Å². The molecule has 5 aromatic rings. The monoisotopic (exact) mass is 632 g/mol. The van der Waals surface area contributed by atoms with Crippen molar-refractivity contribution in [3.63, 3.8) is 0 Å². The fraction of sp³-hybridized carbons (Fsp3) is 0.276. The molecule has 1 aliphatic rings. The summed E-state index contributed by atoms with van der Waals surface area (Å²) in [5.74, 6) is -1.26. The van der Waals surface area contributed by atoms with Crippen molar-refractivity contribution in [2.45, 2.75) is 33.0 Å². The summed E-state index contributed by atoms with van der Waals surface area (Å²) in [6.07, 6.45) is 3.33. The summed E-state index contributed by atoms with van der Waals surface area (Å²) >= 11 is 0. The average Bonchev–Trinajstić information content (AvgIpc) is 3.29. The van der Waals surface area contributed by atoms with E-state index in [1.54, 1.807) is 17.6 Å². The second-order valence-corrected chi connectivity index (χ2v) is 9.52. The number of rotatable bonds is 5. The highest BCUT2D eigenvalue weighted by Gasteiger charge is 2.34. The van der Waals surface area contributed by atoms with E-state index in [4.69, 9.17) is 9.84 Å². The first kappa shape index (κ1) is 33.6. The van der Waals surface area contributed by atoms with Gasteiger partial charge in [-0.05, 0) is 37.6 Å². The van der Waals surface area contributed by atoms with Crippen molar-refractivity contribution >= 4 is 54.8 Å². The lowest BCUT2D eigenvalue weighted by atomic mass is 9.99. The number of aryl methyl sites for hydroxylation is 1. The van der Waals surface area contributed by atoms with Crippen molar-refractivity contribution in [2.24, 2.45) is 0 Å². The lowest BCUT2D eigenvalue weighted by molar-refractivity contribution is -0.137. The molecule has 0 bridgehead atoms. The van der Waals surface area contributed by atoms with Crippen LogP contribution in [0, 0.1) is 18.6 Å². The van der Waals surface area contributed by atoms with Crippen LogP contribution in [0.4, 0.5) is 13.2 Å². The minimum absolute atomic E-state index is 0. The molecule has 1 fully saturated rings. The number of piperidine rings is 1. The van der Waals surface area contributed by atoms with Crippen LogP contribution in [0.5, 0.6) is 11.8 Å². The van der Waals surface area contributed by atoms with E-state index < -0.39 is 36.4 Å². The van der Waals surface area contributed by atoms with E-state index in [1.807, 2.05) is 0 Å². The fourth-order valence-corrected chi connectivity index (χ4v) is 5.26. The number of halogens is 3. The minimum atomic E-state index is -1.43. The normalized spacial score (nSPS) is 16.3. The number of likely N-dealkylation sites (tertiary alicyclic amines) is 1. The predicted molar refractivity (Wildman–Crippen MR) is 167 cm³/mol. The topological polar surface area (TPSA) is 106 Å². The maximum absolute atomic E-state index is 15.5. The molecule has 9 nitrogen and oxygen atoms in total. The van der Waals surface area contributed by atoms with Gasteiger partial charge in [-0.3, -0.25) is 9.78 Å². The lowest BCUT2D eigenvalue weighted by Gasteiger charge is -2.35. The number of amides is 1. The number of imidazole rings is 1. The summed E-state index contributed by atoms with van der Waals surface area (Å²) in [6, 6.07) is 7.73. The molecule has 228 valence electrons. The van der Waals surface area contributed by atoms with Gasteiger partial charge in [-0.2, -0.15) is 27.0 Å². The number of benzene rings is 2. The van der Waals surface area contributed by atoms with Crippen molar-refractivity contribution < 1.29 is 27.8 Å². The third-order valence-electron chi connectivity index (χ3n) is 7.09. The van der Waals surface area contributed by atoms with E-state index in [0.717, 1.165) is 6.07 Å². The van der Waals surface area contributed by atoms with Crippen molar-refractivity contribution in [2.75, 3.05) is 19.7 Å². The number of hydrogen-bond acceptors (Lipinski definition) is 7. The molecule has 4 heterocycles. The molecule has 3 aromatic heterocycles. The van der Waals surface area contributed by atoms with Gasteiger partial charge in [0.2, 0.25) is 5.91 Å². The van der Waals surface area contributed by atoms with Gasteiger partial charge in [-0.1, -0.05) is 7.43 Å². The second kappa shape index (κ2) is 13.6. The van der Waals surface area contributed by atoms with Gasteiger partial charge in [0.25, 0.3) is 0 Å². The molecule has 1 aliphatic heterocycles. The number of aliphatic hydroxyl groups excluding tert-OH is 1. The van der Waals surface area contributed by atoms with E-state index in [1.165, 1.54) is 47.8 Å². The first-order valence-electron chi connectivity index (χ1n) is 12.6. The number of aliphatic hydroxyl groups is 1. The molecule has 0 radical (unpaired) electrons. The summed E-state index contributed by atoms with van der Waals surface area (Å²) in [6.45, 7) is 1.15.